The molecule has 1 amide bonds. The maximum absolute atomic E-state index is 12.0. The number of aromatic hydroxyl groups is 1. The van der Waals surface area contributed by atoms with Crippen LogP contribution in [0.25, 0.3) is 0 Å². The Morgan fingerprint density at radius 1 is 1.36 bits per heavy atom. The second kappa shape index (κ2) is 13.6. The Morgan fingerprint density at radius 2 is 2.14 bits per heavy atom. The van der Waals surface area contributed by atoms with Gasteiger partial charge in [-0.15, -0.1) is 24.0 Å². The molecule has 0 bridgehead atoms. The summed E-state index contributed by atoms with van der Waals surface area (Å²) in [6.45, 7) is 6.38. The fourth-order valence-corrected chi connectivity index (χ4v) is 2.53. The number of benzene rings is 1. The van der Waals surface area contributed by atoms with Gasteiger partial charge in [0, 0.05) is 45.4 Å². The molecule has 0 spiro atoms. The number of guanidine groups is 1. The minimum atomic E-state index is -0.188. The summed E-state index contributed by atoms with van der Waals surface area (Å²) in [6, 6.07) is 6.33. The number of carbonyl (C=O) groups excluding carboxylic acids is 1. The topological polar surface area (TPSA) is 86.2 Å². The second-order valence-corrected chi connectivity index (χ2v) is 6.84. The predicted octanol–water partition coefficient (Wildman–Crippen LogP) is 2.45. The van der Waals surface area contributed by atoms with Crippen LogP contribution in [0.15, 0.2) is 29.3 Å². The highest BCUT2D eigenvalue weighted by Gasteiger charge is 2.21. The van der Waals surface area contributed by atoms with Crippen LogP contribution in [0.5, 0.6) is 5.75 Å². The van der Waals surface area contributed by atoms with Gasteiger partial charge in [-0.25, -0.2) is 0 Å². The molecule has 0 aliphatic heterocycles. The van der Waals surface area contributed by atoms with Crippen molar-refractivity contribution in [3.63, 3.8) is 0 Å². The average Bonchev–Trinajstić information content (AvgIpc) is 3.48. The van der Waals surface area contributed by atoms with Crippen molar-refractivity contribution >= 4 is 35.8 Å². The molecule has 3 N–H and O–H groups in total. The number of nitrogens with one attached hydrogen (secondary N) is 2. The van der Waals surface area contributed by atoms with Crippen molar-refractivity contribution in [1.29, 1.82) is 0 Å². The third-order valence-corrected chi connectivity index (χ3v) is 4.31. The minimum Gasteiger partial charge on any atom is -0.508 e. The van der Waals surface area contributed by atoms with Gasteiger partial charge < -0.3 is 25.4 Å². The van der Waals surface area contributed by atoms with Gasteiger partial charge in [0.15, 0.2) is 5.96 Å². The molecule has 1 aliphatic carbocycles. The first kappa shape index (κ1) is 24.5. The smallest absolute Gasteiger partial charge is 0.251 e. The van der Waals surface area contributed by atoms with E-state index in [9.17, 15) is 9.90 Å². The third-order valence-electron chi connectivity index (χ3n) is 4.31. The molecule has 158 valence electrons. The molecule has 0 radical (unpaired) electrons. The molecule has 28 heavy (non-hydrogen) atoms. The summed E-state index contributed by atoms with van der Waals surface area (Å²) in [5.74, 6) is 1.54. The van der Waals surface area contributed by atoms with Crippen molar-refractivity contribution in [2.45, 2.75) is 26.2 Å². The molecule has 0 aromatic heterocycles. The van der Waals surface area contributed by atoms with Crippen LogP contribution in [-0.2, 0) is 4.74 Å². The Kier molecular flexibility index (Phi) is 11.9. The number of amides is 1. The third kappa shape index (κ3) is 9.59. The van der Waals surface area contributed by atoms with Gasteiger partial charge in [-0.2, -0.15) is 0 Å². The van der Waals surface area contributed by atoms with Crippen molar-refractivity contribution in [3.8, 4) is 5.75 Å². The molecule has 8 heteroatoms. The van der Waals surface area contributed by atoms with E-state index >= 15 is 0 Å². The first-order valence-corrected chi connectivity index (χ1v) is 9.74. The van der Waals surface area contributed by atoms with E-state index in [4.69, 9.17) is 4.74 Å². The summed E-state index contributed by atoms with van der Waals surface area (Å²) in [4.78, 5) is 18.7. The number of phenols is 1. The van der Waals surface area contributed by atoms with E-state index in [0.29, 0.717) is 25.3 Å². The van der Waals surface area contributed by atoms with Crippen LogP contribution in [0.3, 0.4) is 0 Å². The van der Waals surface area contributed by atoms with Gasteiger partial charge in [0.05, 0.1) is 6.61 Å². The van der Waals surface area contributed by atoms with E-state index < -0.39 is 0 Å². The van der Waals surface area contributed by atoms with Gasteiger partial charge in [-0.1, -0.05) is 6.07 Å². The molecule has 1 fully saturated rings. The summed E-state index contributed by atoms with van der Waals surface area (Å²) >= 11 is 0. The van der Waals surface area contributed by atoms with Gasteiger partial charge in [0.25, 0.3) is 5.91 Å². The zero-order valence-corrected chi connectivity index (χ0v) is 19.1. The highest BCUT2D eigenvalue weighted by atomic mass is 127. The monoisotopic (exact) mass is 504 g/mol. The average molecular weight is 504 g/mol. The zero-order valence-electron chi connectivity index (χ0n) is 16.8. The number of likely N-dealkylation sites (N-methyl/N-ethyl adjacent to an activating group) is 1. The highest BCUT2D eigenvalue weighted by Crippen LogP contribution is 2.28. The lowest BCUT2D eigenvalue weighted by Gasteiger charge is -2.22. The summed E-state index contributed by atoms with van der Waals surface area (Å²) in [7, 11) is 2.01. The van der Waals surface area contributed by atoms with E-state index in [2.05, 4.69) is 20.5 Å². The number of ether oxygens (including phenoxy) is 1. The largest absolute Gasteiger partial charge is 0.508 e. The molecule has 0 heterocycles. The molecule has 0 saturated heterocycles. The Labute approximate surface area is 185 Å². The van der Waals surface area contributed by atoms with Gasteiger partial charge in [-0.05, 0) is 50.3 Å². The summed E-state index contributed by atoms with van der Waals surface area (Å²) in [5.41, 5.74) is 0.456. The van der Waals surface area contributed by atoms with Gasteiger partial charge in [0.2, 0.25) is 0 Å². The first-order valence-electron chi connectivity index (χ1n) is 9.74. The van der Waals surface area contributed by atoms with E-state index in [0.717, 1.165) is 38.0 Å². The second-order valence-electron chi connectivity index (χ2n) is 6.84. The van der Waals surface area contributed by atoms with Crippen LogP contribution in [0.1, 0.15) is 36.5 Å². The van der Waals surface area contributed by atoms with Crippen molar-refractivity contribution in [1.82, 2.24) is 15.5 Å². The van der Waals surface area contributed by atoms with Gasteiger partial charge in [-0.3, -0.25) is 9.79 Å². The van der Waals surface area contributed by atoms with Gasteiger partial charge >= 0.3 is 0 Å². The molecule has 1 aromatic rings. The molecular formula is C20H33IN4O3. The van der Waals surface area contributed by atoms with Crippen molar-refractivity contribution in [2.75, 3.05) is 46.4 Å². The number of nitrogens with zero attached hydrogens (tertiary/aromatic N) is 2. The van der Waals surface area contributed by atoms with Crippen molar-refractivity contribution in [3.05, 3.63) is 29.8 Å². The zero-order chi connectivity index (χ0) is 19.5. The number of phenolic OH excluding ortho intramolecular Hbond substituents is 1. The van der Waals surface area contributed by atoms with E-state index in [1.807, 2.05) is 14.0 Å². The fraction of sp³-hybridized carbons (Fsp3) is 0.600. The molecule has 2 rings (SSSR count). The maximum atomic E-state index is 12.0. The van der Waals surface area contributed by atoms with Crippen molar-refractivity contribution < 1.29 is 14.6 Å². The summed E-state index contributed by atoms with van der Waals surface area (Å²) in [5, 5.41) is 15.6. The number of hydrogen-bond donors (Lipinski definition) is 3. The van der Waals surface area contributed by atoms with E-state index in [1.165, 1.54) is 18.9 Å². The molecule has 0 atom stereocenters. The Balaban J connectivity index is 0.00000392. The number of carbonyl (C=O) groups is 1. The lowest BCUT2D eigenvalue weighted by molar-refractivity contribution is 0.0953. The molecular weight excluding hydrogens is 471 g/mol. The minimum absolute atomic E-state index is 0. The van der Waals surface area contributed by atoms with Crippen LogP contribution in [0, 0.1) is 5.92 Å². The molecule has 7 nitrogen and oxygen atoms in total. The van der Waals surface area contributed by atoms with Crippen LogP contribution >= 0.6 is 24.0 Å². The first-order chi connectivity index (χ1) is 13.1. The SMILES string of the molecule is CCNC(=NCCCNC(=O)c1cccc(O)c1)N(C)CCOCC1CC1.I. The summed E-state index contributed by atoms with van der Waals surface area (Å²) < 4.78 is 5.69. The van der Waals surface area contributed by atoms with Crippen LogP contribution in [-0.4, -0.2) is 68.3 Å². The number of halogens is 1. The van der Waals surface area contributed by atoms with E-state index in [1.54, 1.807) is 18.2 Å². The van der Waals surface area contributed by atoms with Crippen molar-refractivity contribution in [2.24, 2.45) is 10.9 Å². The van der Waals surface area contributed by atoms with Crippen LogP contribution in [0.2, 0.25) is 0 Å². The fourth-order valence-electron chi connectivity index (χ4n) is 2.53. The quantitative estimate of drug-likeness (QED) is 0.187. The highest BCUT2D eigenvalue weighted by molar-refractivity contribution is 14.0. The Hall–Kier alpha value is -1.55. The van der Waals surface area contributed by atoms with E-state index in [-0.39, 0.29) is 35.6 Å². The maximum Gasteiger partial charge on any atom is 0.251 e. The number of aliphatic imine (C=N–C) groups is 1. The molecule has 1 aromatic carbocycles. The molecule has 1 aliphatic rings. The summed E-state index contributed by atoms with van der Waals surface area (Å²) in [6.07, 6.45) is 3.36. The van der Waals surface area contributed by atoms with Crippen LogP contribution < -0.4 is 10.6 Å². The normalized spacial score (nSPS) is 13.6. The predicted molar refractivity (Wildman–Crippen MR) is 123 cm³/mol. The molecule has 1 saturated carbocycles. The Morgan fingerprint density at radius 3 is 2.82 bits per heavy atom. The number of hydrogen-bond acceptors (Lipinski definition) is 4. The number of rotatable bonds is 11. The van der Waals surface area contributed by atoms with Gasteiger partial charge in [0.1, 0.15) is 5.75 Å². The lowest BCUT2D eigenvalue weighted by atomic mass is 10.2. The lowest BCUT2D eigenvalue weighted by Crippen LogP contribution is -2.40. The Bertz CT molecular complexity index is 623. The standard InChI is InChI=1S/C20H32N4O3.HI/c1-3-21-20(24(2)12-13-27-15-16-8-9-16)23-11-5-10-22-19(26)17-6-4-7-18(25)14-17;/h4,6-7,14,16,25H,3,5,8-13,15H2,1-2H3,(H,21,23)(H,22,26);1H. The molecule has 0 unspecified atom stereocenters. The van der Waals surface area contributed by atoms with Crippen LogP contribution in [0.4, 0.5) is 0 Å².